The van der Waals surface area contributed by atoms with Crippen molar-refractivity contribution in [3.05, 3.63) is 65.0 Å². The number of carbonyl (C=O) groups excluding carboxylic acids is 2. The van der Waals surface area contributed by atoms with Crippen LogP contribution in [0.15, 0.2) is 47.6 Å². The normalized spacial score (nSPS) is 10.7. The van der Waals surface area contributed by atoms with Gasteiger partial charge in [0.25, 0.3) is 0 Å². The number of nitrogens with one attached hydrogen (secondary N) is 2. The molecule has 0 aliphatic rings. The van der Waals surface area contributed by atoms with Gasteiger partial charge in [0.15, 0.2) is 5.16 Å². The lowest BCUT2D eigenvalue weighted by Gasteiger charge is -2.10. The van der Waals surface area contributed by atoms with Crippen molar-refractivity contribution in [1.29, 1.82) is 0 Å². The van der Waals surface area contributed by atoms with Gasteiger partial charge < -0.3 is 15.2 Å². The van der Waals surface area contributed by atoms with Gasteiger partial charge >= 0.3 is 0 Å². The number of thioether (sulfide) groups is 1. The van der Waals surface area contributed by atoms with E-state index in [9.17, 15) is 9.59 Å². The molecule has 0 radical (unpaired) electrons. The van der Waals surface area contributed by atoms with Crippen LogP contribution in [0.3, 0.4) is 0 Å². The molecule has 2 N–H and O–H groups in total. The molecule has 31 heavy (non-hydrogen) atoms. The number of nitrogens with zero attached hydrogens (tertiary/aromatic N) is 3. The maximum atomic E-state index is 12.3. The molecule has 1 aromatic heterocycles. The Balaban J connectivity index is 1.50. The van der Waals surface area contributed by atoms with Crippen LogP contribution in [0.5, 0.6) is 0 Å². The molecule has 162 valence electrons. The molecular formula is C23H27N5O2S. The van der Waals surface area contributed by atoms with Crippen molar-refractivity contribution in [3.63, 3.8) is 0 Å². The number of hydrogen-bond donors (Lipinski definition) is 2. The largest absolute Gasteiger partial charge is 0.326 e. The van der Waals surface area contributed by atoms with Gasteiger partial charge in [0, 0.05) is 31.3 Å². The minimum Gasteiger partial charge on any atom is -0.326 e. The lowest BCUT2D eigenvalue weighted by atomic mass is 10.1. The Morgan fingerprint density at radius 3 is 2.35 bits per heavy atom. The van der Waals surface area contributed by atoms with Crippen molar-refractivity contribution in [2.75, 3.05) is 16.4 Å². The summed E-state index contributed by atoms with van der Waals surface area (Å²) in [6, 6.07) is 13.5. The monoisotopic (exact) mass is 437 g/mol. The van der Waals surface area contributed by atoms with E-state index in [-0.39, 0.29) is 17.6 Å². The summed E-state index contributed by atoms with van der Waals surface area (Å²) in [5.41, 5.74) is 4.86. The molecule has 0 saturated carbocycles. The highest BCUT2D eigenvalue weighted by atomic mass is 32.2. The number of amides is 2. The van der Waals surface area contributed by atoms with Crippen molar-refractivity contribution in [2.24, 2.45) is 7.05 Å². The summed E-state index contributed by atoms with van der Waals surface area (Å²) in [5.74, 6) is 0.769. The molecule has 3 rings (SSSR count). The van der Waals surface area contributed by atoms with Gasteiger partial charge in [-0.15, -0.1) is 10.2 Å². The van der Waals surface area contributed by atoms with Crippen LogP contribution in [-0.2, 0) is 23.1 Å². The number of para-hydroxylation sites is 1. The molecule has 0 saturated heterocycles. The second-order valence-corrected chi connectivity index (χ2v) is 8.35. The fourth-order valence-electron chi connectivity index (χ4n) is 3.04. The van der Waals surface area contributed by atoms with Gasteiger partial charge in [-0.1, -0.05) is 42.1 Å². The zero-order valence-electron chi connectivity index (χ0n) is 18.2. The van der Waals surface area contributed by atoms with E-state index in [1.807, 2.05) is 74.9 Å². The number of benzene rings is 2. The van der Waals surface area contributed by atoms with Crippen molar-refractivity contribution < 1.29 is 9.59 Å². The second-order valence-electron chi connectivity index (χ2n) is 7.41. The molecular weight excluding hydrogens is 410 g/mol. The van der Waals surface area contributed by atoms with E-state index in [1.165, 1.54) is 11.8 Å². The van der Waals surface area contributed by atoms with Crippen LogP contribution >= 0.6 is 11.8 Å². The molecule has 8 heteroatoms. The zero-order valence-corrected chi connectivity index (χ0v) is 19.0. The zero-order chi connectivity index (χ0) is 22.4. The molecule has 2 aromatic carbocycles. The lowest BCUT2D eigenvalue weighted by Crippen LogP contribution is -2.16. The fraction of sp³-hybridized carbons (Fsp3) is 0.304. The van der Waals surface area contributed by atoms with Crippen LogP contribution < -0.4 is 10.6 Å². The van der Waals surface area contributed by atoms with Gasteiger partial charge in [0.2, 0.25) is 11.8 Å². The molecule has 2 amide bonds. The SMILES string of the molecule is Cc1ccccc1NC(=O)CCc1nnc(SCC(=O)Nc2cccc(C)c2C)n1C. The van der Waals surface area contributed by atoms with E-state index in [0.717, 1.165) is 28.1 Å². The minimum atomic E-state index is -0.0964. The maximum Gasteiger partial charge on any atom is 0.234 e. The third-order valence-electron chi connectivity index (χ3n) is 5.13. The molecule has 3 aromatic rings. The van der Waals surface area contributed by atoms with Gasteiger partial charge in [-0.3, -0.25) is 9.59 Å². The number of aryl methyl sites for hydroxylation is 3. The van der Waals surface area contributed by atoms with Gasteiger partial charge in [0.1, 0.15) is 5.82 Å². The average Bonchev–Trinajstić information content (AvgIpc) is 3.09. The number of anilines is 2. The fourth-order valence-corrected chi connectivity index (χ4v) is 3.77. The van der Waals surface area contributed by atoms with Crippen molar-refractivity contribution in [2.45, 2.75) is 38.8 Å². The Labute approximate surface area is 186 Å². The topological polar surface area (TPSA) is 88.9 Å². The van der Waals surface area contributed by atoms with E-state index in [4.69, 9.17) is 0 Å². The summed E-state index contributed by atoms with van der Waals surface area (Å²) in [5, 5.41) is 14.9. The predicted molar refractivity (Wildman–Crippen MR) is 124 cm³/mol. The number of rotatable bonds is 8. The molecule has 0 aliphatic carbocycles. The van der Waals surface area contributed by atoms with Gasteiger partial charge in [-0.05, 0) is 49.6 Å². The van der Waals surface area contributed by atoms with E-state index >= 15 is 0 Å². The third kappa shape index (κ3) is 5.95. The van der Waals surface area contributed by atoms with Gasteiger partial charge in [-0.25, -0.2) is 0 Å². The Bertz CT molecular complexity index is 1090. The molecule has 0 bridgehead atoms. The Morgan fingerprint density at radius 1 is 0.903 bits per heavy atom. The summed E-state index contributed by atoms with van der Waals surface area (Å²) >= 11 is 1.32. The van der Waals surface area contributed by atoms with Gasteiger partial charge in [-0.2, -0.15) is 0 Å². The predicted octanol–water partition coefficient (Wildman–Crippen LogP) is 4.04. The van der Waals surface area contributed by atoms with Crippen LogP contribution in [0.1, 0.15) is 28.9 Å². The van der Waals surface area contributed by atoms with E-state index in [2.05, 4.69) is 20.8 Å². The highest BCUT2D eigenvalue weighted by Gasteiger charge is 2.14. The number of hydrogen-bond acceptors (Lipinski definition) is 5. The summed E-state index contributed by atoms with van der Waals surface area (Å²) < 4.78 is 1.83. The van der Waals surface area contributed by atoms with E-state index in [0.29, 0.717) is 23.8 Å². The van der Waals surface area contributed by atoms with Crippen molar-refractivity contribution in [1.82, 2.24) is 14.8 Å². The highest BCUT2D eigenvalue weighted by molar-refractivity contribution is 7.99. The summed E-state index contributed by atoms with van der Waals surface area (Å²) in [6.45, 7) is 5.96. The average molecular weight is 438 g/mol. The van der Waals surface area contributed by atoms with E-state index in [1.54, 1.807) is 0 Å². The summed E-state index contributed by atoms with van der Waals surface area (Å²) in [4.78, 5) is 24.6. The van der Waals surface area contributed by atoms with Crippen LogP contribution in [0.4, 0.5) is 11.4 Å². The van der Waals surface area contributed by atoms with Crippen molar-refractivity contribution >= 4 is 35.0 Å². The smallest absolute Gasteiger partial charge is 0.234 e. The highest BCUT2D eigenvalue weighted by Crippen LogP contribution is 2.20. The summed E-state index contributed by atoms with van der Waals surface area (Å²) in [7, 11) is 1.85. The second kappa shape index (κ2) is 10.3. The molecule has 7 nitrogen and oxygen atoms in total. The maximum absolute atomic E-state index is 12.3. The number of carbonyl (C=O) groups is 2. The van der Waals surface area contributed by atoms with E-state index < -0.39 is 0 Å². The van der Waals surface area contributed by atoms with Crippen LogP contribution in [-0.4, -0.2) is 32.3 Å². The third-order valence-corrected chi connectivity index (χ3v) is 6.15. The quantitative estimate of drug-likeness (QED) is 0.519. The Kier molecular flexibility index (Phi) is 7.46. The molecule has 0 unspecified atom stereocenters. The first kappa shape index (κ1) is 22.6. The molecule has 0 fully saturated rings. The standard InChI is InChI=1S/C23H27N5O2S/c1-15-9-7-11-19(17(15)3)25-22(30)14-31-23-27-26-20(28(23)4)12-13-21(29)24-18-10-6-5-8-16(18)2/h5-11H,12-14H2,1-4H3,(H,24,29)(H,25,30). The first-order chi connectivity index (χ1) is 14.8. The molecule has 0 aliphatic heterocycles. The lowest BCUT2D eigenvalue weighted by molar-refractivity contribution is -0.116. The van der Waals surface area contributed by atoms with Crippen LogP contribution in [0, 0.1) is 20.8 Å². The minimum absolute atomic E-state index is 0.0700. The van der Waals surface area contributed by atoms with Crippen LogP contribution in [0.2, 0.25) is 0 Å². The molecule has 1 heterocycles. The Hall–Kier alpha value is -3.13. The molecule has 0 atom stereocenters. The van der Waals surface area contributed by atoms with Crippen molar-refractivity contribution in [3.8, 4) is 0 Å². The summed E-state index contributed by atoms with van der Waals surface area (Å²) in [6.07, 6.45) is 0.772. The Morgan fingerprint density at radius 2 is 1.58 bits per heavy atom. The first-order valence-electron chi connectivity index (χ1n) is 10.1. The molecule has 0 spiro atoms. The number of aromatic nitrogens is 3. The van der Waals surface area contributed by atoms with Crippen LogP contribution in [0.25, 0.3) is 0 Å². The van der Waals surface area contributed by atoms with Gasteiger partial charge in [0.05, 0.1) is 5.75 Å². The first-order valence-corrected chi connectivity index (χ1v) is 11.1.